The number of hydrogen-bond donors (Lipinski definition) is 0. The molecule has 0 radical (unpaired) electrons. The van der Waals surface area contributed by atoms with E-state index >= 15 is 0 Å². The summed E-state index contributed by atoms with van der Waals surface area (Å²) in [7, 11) is 0. The molecule has 0 saturated heterocycles. The van der Waals surface area contributed by atoms with E-state index in [1.165, 1.54) is 0 Å². The Morgan fingerprint density at radius 2 is 0.776 bits per heavy atom. The molecular formula is C63H40N4. The van der Waals surface area contributed by atoms with Crippen LogP contribution in [0.3, 0.4) is 0 Å². The van der Waals surface area contributed by atoms with Crippen molar-refractivity contribution < 1.29 is 0 Å². The van der Waals surface area contributed by atoms with Gasteiger partial charge < -0.3 is 9.13 Å². The highest BCUT2D eigenvalue weighted by molar-refractivity contribution is 6.15. The van der Waals surface area contributed by atoms with Crippen LogP contribution in [0.25, 0.3) is 115 Å². The molecule has 0 spiro atoms. The molecule has 0 amide bonds. The van der Waals surface area contributed by atoms with Crippen molar-refractivity contribution in [3.8, 4) is 73.1 Å². The van der Waals surface area contributed by atoms with E-state index in [1.54, 1.807) is 0 Å². The summed E-state index contributed by atoms with van der Waals surface area (Å²) in [5.74, 6) is 0. The maximum atomic E-state index is 10.3. The van der Waals surface area contributed by atoms with Crippen LogP contribution in [0, 0.1) is 24.8 Å². The average molecular weight is 853 g/mol. The summed E-state index contributed by atoms with van der Waals surface area (Å²) in [5, 5.41) is 14.6. The van der Waals surface area contributed by atoms with Gasteiger partial charge in [0.2, 0.25) is 5.69 Å². The van der Waals surface area contributed by atoms with Crippen molar-refractivity contribution in [2.45, 2.75) is 6.92 Å². The Labute approximate surface area is 388 Å². The fraction of sp³-hybridized carbons (Fsp3) is 0.0159. The predicted molar refractivity (Wildman–Crippen MR) is 278 cm³/mol. The Bertz CT molecular complexity index is 3790. The zero-order valence-corrected chi connectivity index (χ0v) is 36.7. The zero-order chi connectivity index (χ0) is 45.0. The van der Waals surface area contributed by atoms with Gasteiger partial charge in [-0.2, -0.15) is 5.26 Å². The Morgan fingerprint density at radius 1 is 0.388 bits per heavy atom. The molecule has 0 saturated carbocycles. The van der Waals surface area contributed by atoms with E-state index in [0.717, 1.165) is 116 Å². The van der Waals surface area contributed by atoms with Gasteiger partial charge in [-0.15, -0.1) is 0 Å². The summed E-state index contributed by atoms with van der Waals surface area (Å²) in [6.45, 7) is 11.3. The van der Waals surface area contributed by atoms with E-state index < -0.39 is 0 Å². The molecule has 67 heavy (non-hydrogen) atoms. The molecular weight excluding hydrogens is 813 g/mol. The molecule has 0 N–H and O–H groups in total. The van der Waals surface area contributed by atoms with Gasteiger partial charge in [0.05, 0.1) is 51.6 Å². The minimum absolute atomic E-state index is 0.508. The summed E-state index contributed by atoms with van der Waals surface area (Å²) < 4.78 is 4.57. The SMILES string of the molecule is [C-]#[N+]c1c(-n2c3ccc(-c4ccccc4)cc3c3cc(-c4ccccc4)ccc32)ccc(-c2cc(C)cc(C#N)c2)c1-n1c2ccc(-c3ccccc3)cc2c2cc(-c3ccccc3)ccc21. The highest BCUT2D eigenvalue weighted by atomic mass is 15.1. The molecule has 0 bridgehead atoms. The van der Waals surface area contributed by atoms with Crippen molar-refractivity contribution in [2.24, 2.45) is 0 Å². The Balaban J connectivity index is 1.20. The van der Waals surface area contributed by atoms with Crippen LogP contribution in [0.15, 0.2) is 224 Å². The van der Waals surface area contributed by atoms with Crippen molar-refractivity contribution in [3.63, 3.8) is 0 Å². The number of fused-ring (bicyclic) bond motifs is 6. The van der Waals surface area contributed by atoms with Crippen LogP contribution in [0.2, 0.25) is 0 Å². The number of nitriles is 1. The standard InChI is InChI=1S/C63H40N4/c1-41-33-42(40-64)35-51(34-41)52-27-32-61(66-57-28-23-47(43-15-7-3-8-16-43)36-53(57)54-37-48(24-29-58(54)66)44-17-9-4-10-18-44)62(65-2)63(52)67-59-30-25-49(45-19-11-5-12-20-45)38-55(59)56-39-50(26-31-60(56)67)46-21-13-6-14-22-46/h3-39H,1H3. The monoisotopic (exact) mass is 852 g/mol. The van der Waals surface area contributed by atoms with Crippen LogP contribution >= 0.6 is 0 Å². The van der Waals surface area contributed by atoms with Gasteiger partial charge in [-0.05, 0) is 135 Å². The van der Waals surface area contributed by atoms with E-state index in [2.05, 4.69) is 208 Å². The molecule has 0 aliphatic carbocycles. The fourth-order valence-corrected chi connectivity index (χ4v) is 10.1. The molecule has 2 heterocycles. The van der Waals surface area contributed by atoms with Crippen molar-refractivity contribution in [2.75, 3.05) is 0 Å². The predicted octanol–water partition coefficient (Wildman–Crippen LogP) is 16.9. The second-order valence-corrected chi connectivity index (χ2v) is 17.2. The first-order chi connectivity index (χ1) is 33.0. The quantitative estimate of drug-likeness (QED) is 0.147. The van der Waals surface area contributed by atoms with Gasteiger partial charge in [0.1, 0.15) is 0 Å². The first kappa shape index (κ1) is 39.4. The Hall–Kier alpha value is -9.22. The lowest BCUT2D eigenvalue weighted by Crippen LogP contribution is -2.03. The molecule has 0 atom stereocenters. The second kappa shape index (κ2) is 16.1. The first-order valence-electron chi connectivity index (χ1n) is 22.5. The fourth-order valence-electron chi connectivity index (χ4n) is 10.1. The van der Waals surface area contributed by atoms with E-state index in [0.29, 0.717) is 11.3 Å². The van der Waals surface area contributed by atoms with Crippen LogP contribution in [-0.2, 0) is 0 Å². The van der Waals surface area contributed by atoms with Crippen LogP contribution in [0.5, 0.6) is 0 Å². The molecule has 12 aromatic rings. The molecule has 312 valence electrons. The molecule has 0 fully saturated rings. The molecule has 4 heteroatoms. The second-order valence-electron chi connectivity index (χ2n) is 17.2. The number of rotatable bonds is 7. The van der Waals surface area contributed by atoms with E-state index in [-0.39, 0.29) is 0 Å². The number of aryl methyl sites for hydroxylation is 1. The van der Waals surface area contributed by atoms with Crippen LogP contribution in [0.4, 0.5) is 5.69 Å². The molecule has 2 aromatic heterocycles. The summed E-state index contributed by atoms with van der Waals surface area (Å²) in [6.07, 6.45) is 0. The number of nitrogens with zero attached hydrogens (tertiary/aromatic N) is 4. The maximum Gasteiger partial charge on any atom is 0.234 e. The van der Waals surface area contributed by atoms with Gasteiger partial charge in [0, 0.05) is 21.5 Å². The minimum atomic E-state index is 0.508. The van der Waals surface area contributed by atoms with Crippen molar-refractivity contribution >= 4 is 49.3 Å². The van der Waals surface area contributed by atoms with Crippen LogP contribution in [0.1, 0.15) is 11.1 Å². The van der Waals surface area contributed by atoms with Gasteiger partial charge in [0.25, 0.3) is 0 Å². The lowest BCUT2D eigenvalue weighted by Gasteiger charge is -2.21. The minimum Gasteiger partial charge on any atom is -0.319 e. The lowest BCUT2D eigenvalue weighted by molar-refractivity contribution is 1.14. The molecule has 0 aliphatic heterocycles. The van der Waals surface area contributed by atoms with Gasteiger partial charge in [-0.25, -0.2) is 4.85 Å². The highest BCUT2D eigenvalue weighted by Crippen LogP contribution is 2.47. The smallest absolute Gasteiger partial charge is 0.234 e. The third-order valence-corrected chi connectivity index (χ3v) is 13.2. The van der Waals surface area contributed by atoms with Gasteiger partial charge in [0.15, 0.2) is 0 Å². The highest BCUT2D eigenvalue weighted by Gasteiger charge is 2.25. The van der Waals surface area contributed by atoms with Crippen molar-refractivity contribution in [1.29, 1.82) is 5.26 Å². The summed E-state index contributed by atoms with van der Waals surface area (Å²) >= 11 is 0. The van der Waals surface area contributed by atoms with Gasteiger partial charge in [-0.3, -0.25) is 0 Å². The third kappa shape index (κ3) is 6.67. The van der Waals surface area contributed by atoms with Crippen LogP contribution in [-0.4, -0.2) is 9.13 Å². The molecule has 12 rings (SSSR count). The maximum absolute atomic E-state index is 10.3. The Morgan fingerprint density at radius 3 is 1.15 bits per heavy atom. The lowest BCUT2D eigenvalue weighted by atomic mass is 9.97. The summed E-state index contributed by atoms with van der Waals surface area (Å²) in [6, 6.07) is 81.4. The van der Waals surface area contributed by atoms with Crippen LogP contribution < -0.4 is 0 Å². The summed E-state index contributed by atoms with van der Waals surface area (Å²) in [4.78, 5) is 4.56. The van der Waals surface area contributed by atoms with E-state index in [4.69, 9.17) is 0 Å². The van der Waals surface area contributed by atoms with Gasteiger partial charge in [-0.1, -0.05) is 158 Å². The normalized spacial score (nSPS) is 11.3. The molecule has 0 aliphatic rings. The van der Waals surface area contributed by atoms with E-state index in [9.17, 15) is 11.8 Å². The number of benzene rings is 10. The first-order valence-corrected chi connectivity index (χ1v) is 22.5. The van der Waals surface area contributed by atoms with Gasteiger partial charge >= 0.3 is 0 Å². The zero-order valence-electron chi connectivity index (χ0n) is 36.7. The Kier molecular flexibility index (Phi) is 9.46. The average Bonchev–Trinajstić information content (AvgIpc) is 3.90. The third-order valence-electron chi connectivity index (χ3n) is 13.2. The largest absolute Gasteiger partial charge is 0.319 e. The van der Waals surface area contributed by atoms with E-state index in [1.807, 2.05) is 43.3 Å². The van der Waals surface area contributed by atoms with Crippen molar-refractivity contribution in [1.82, 2.24) is 9.13 Å². The molecule has 10 aromatic carbocycles. The molecule has 0 unspecified atom stereocenters. The number of hydrogen-bond acceptors (Lipinski definition) is 1. The number of aromatic nitrogens is 2. The molecule has 4 nitrogen and oxygen atoms in total. The summed E-state index contributed by atoms with van der Waals surface area (Å²) in [5.41, 5.74) is 18.4. The van der Waals surface area contributed by atoms with Crippen molar-refractivity contribution in [3.05, 3.63) is 247 Å². The topological polar surface area (TPSA) is 38.0 Å².